The molecule has 0 spiro atoms. The Morgan fingerprint density at radius 3 is 1.35 bits per heavy atom. The molecule has 5 N–H and O–H groups in total. The molecule has 0 heterocycles. The smallest absolute Gasteiger partial charge is 0.252 e. The van der Waals surface area contributed by atoms with Crippen LogP contribution in [0.15, 0.2) is 0 Å². The van der Waals surface area contributed by atoms with Gasteiger partial charge in [0, 0.05) is 26.2 Å². The van der Waals surface area contributed by atoms with Crippen LogP contribution in [0.4, 0.5) is 0 Å². The molecule has 0 bridgehead atoms. The monoisotopic (exact) mass is 570 g/mol. The number of nitrogens with two attached hydrogens (primary N) is 2. The molecule has 0 aliphatic heterocycles. The minimum atomic E-state index is -0.869. The third-order valence-corrected chi connectivity index (χ3v) is 7.47. The first-order valence-corrected chi connectivity index (χ1v) is 17.1. The van der Waals surface area contributed by atoms with Gasteiger partial charge in [0.25, 0.3) is 5.91 Å². The van der Waals surface area contributed by atoms with Gasteiger partial charge in [-0.1, -0.05) is 110 Å². The van der Waals surface area contributed by atoms with Crippen LogP contribution in [-0.4, -0.2) is 56.7 Å². The first-order chi connectivity index (χ1) is 19.6. The molecule has 7 heteroatoms. The van der Waals surface area contributed by atoms with Crippen molar-refractivity contribution >= 4 is 11.7 Å². The summed E-state index contributed by atoms with van der Waals surface area (Å²) in [7, 11) is 0. The summed E-state index contributed by atoms with van der Waals surface area (Å²) in [5, 5.41) is 2.95. The first-order valence-electron chi connectivity index (χ1n) is 17.1. The Labute approximate surface area is 247 Å². The lowest BCUT2D eigenvalue weighted by Gasteiger charge is -2.26. The van der Waals surface area contributed by atoms with E-state index in [-0.39, 0.29) is 11.7 Å². The van der Waals surface area contributed by atoms with Gasteiger partial charge in [0.15, 0.2) is 18.0 Å². The number of unbranched alkanes of at least 4 members (excludes halogenated alkanes) is 17. The Morgan fingerprint density at radius 1 is 0.550 bits per heavy atom. The highest BCUT2D eigenvalue weighted by atomic mass is 16.5. The number of hydrogen-bond acceptors (Lipinski definition) is 6. The fourth-order valence-corrected chi connectivity index (χ4v) is 4.88. The van der Waals surface area contributed by atoms with Crippen LogP contribution in [0.25, 0.3) is 0 Å². The van der Waals surface area contributed by atoms with Crippen molar-refractivity contribution in [2.24, 2.45) is 11.5 Å². The van der Waals surface area contributed by atoms with Gasteiger partial charge in [0.2, 0.25) is 0 Å². The largest absolute Gasteiger partial charge is 0.367 e. The van der Waals surface area contributed by atoms with E-state index >= 15 is 0 Å². The Morgan fingerprint density at radius 2 is 0.950 bits per heavy atom. The minimum absolute atomic E-state index is 0.00869. The van der Waals surface area contributed by atoms with Crippen molar-refractivity contribution in [2.75, 3.05) is 32.8 Å². The van der Waals surface area contributed by atoms with E-state index in [4.69, 9.17) is 20.9 Å². The number of rotatable bonds is 32. The molecule has 0 fully saturated rings. The second-order valence-electron chi connectivity index (χ2n) is 11.4. The molecular weight excluding hydrogens is 502 g/mol. The van der Waals surface area contributed by atoms with Gasteiger partial charge >= 0.3 is 0 Å². The summed E-state index contributed by atoms with van der Waals surface area (Å²) in [6.45, 7) is 7.23. The second kappa shape index (κ2) is 30.9. The van der Waals surface area contributed by atoms with Gasteiger partial charge in [0.05, 0.1) is 0 Å². The number of ketones is 1. The van der Waals surface area contributed by atoms with Crippen molar-refractivity contribution in [1.82, 2.24) is 5.32 Å². The van der Waals surface area contributed by atoms with Gasteiger partial charge in [-0.15, -0.1) is 0 Å². The highest BCUT2D eigenvalue weighted by Gasteiger charge is 2.34. The van der Waals surface area contributed by atoms with Crippen LogP contribution < -0.4 is 16.8 Å². The van der Waals surface area contributed by atoms with Crippen molar-refractivity contribution < 1.29 is 19.1 Å². The van der Waals surface area contributed by atoms with Crippen LogP contribution in [-0.2, 0) is 19.1 Å². The van der Waals surface area contributed by atoms with Crippen LogP contribution in [0.1, 0.15) is 155 Å². The van der Waals surface area contributed by atoms with Crippen LogP contribution in [0.3, 0.4) is 0 Å². The van der Waals surface area contributed by atoms with Gasteiger partial charge in [-0.2, -0.15) is 0 Å². The van der Waals surface area contributed by atoms with Crippen molar-refractivity contribution in [3.63, 3.8) is 0 Å². The number of amides is 1. The first kappa shape index (κ1) is 39.0. The molecule has 7 nitrogen and oxygen atoms in total. The van der Waals surface area contributed by atoms with Gasteiger partial charge in [0.1, 0.15) is 0 Å². The fourth-order valence-electron chi connectivity index (χ4n) is 4.88. The van der Waals surface area contributed by atoms with Crippen molar-refractivity contribution in [2.45, 2.75) is 167 Å². The second-order valence-corrected chi connectivity index (χ2v) is 11.4. The van der Waals surface area contributed by atoms with Crippen molar-refractivity contribution in [1.29, 1.82) is 0 Å². The number of carbonyl (C=O) groups excluding carboxylic acids is 2. The molecule has 0 saturated heterocycles. The van der Waals surface area contributed by atoms with E-state index in [0.717, 1.165) is 70.9 Å². The molecule has 0 aromatic heterocycles. The maximum absolute atomic E-state index is 13.1. The SMILES string of the molecule is CCCCC(=O)[C@H](OCCCCCCCCCCCN)[C@@H](OCCCCCCCCCCCN)C(=O)NCCC. The summed E-state index contributed by atoms with van der Waals surface area (Å²) >= 11 is 0. The zero-order valence-electron chi connectivity index (χ0n) is 26.5. The molecule has 0 aliphatic rings. The lowest BCUT2D eigenvalue weighted by molar-refractivity contribution is -0.156. The molecule has 1 amide bonds. The molecule has 0 unspecified atom stereocenters. The van der Waals surface area contributed by atoms with E-state index in [1.54, 1.807) is 0 Å². The molecular formula is C33H67N3O4. The molecule has 0 radical (unpaired) electrons. The molecule has 40 heavy (non-hydrogen) atoms. The van der Waals surface area contributed by atoms with Gasteiger partial charge < -0.3 is 26.3 Å². The van der Waals surface area contributed by atoms with E-state index in [1.165, 1.54) is 77.0 Å². The van der Waals surface area contributed by atoms with Crippen LogP contribution in [0.5, 0.6) is 0 Å². The van der Waals surface area contributed by atoms with Gasteiger partial charge in [-0.25, -0.2) is 0 Å². The van der Waals surface area contributed by atoms with Crippen molar-refractivity contribution in [3.05, 3.63) is 0 Å². The summed E-state index contributed by atoms with van der Waals surface area (Å²) < 4.78 is 12.2. The summed E-state index contributed by atoms with van der Waals surface area (Å²) in [5.74, 6) is -0.227. The molecule has 0 aliphatic carbocycles. The highest BCUT2D eigenvalue weighted by molar-refractivity contribution is 5.92. The van der Waals surface area contributed by atoms with E-state index in [0.29, 0.717) is 26.2 Å². The fraction of sp³-hybridized carbons (Fsp3) is 0.939. The summed E-state index contributed by atoms with van der Waals surface area (Å²) in [4.78, 5) is 26.2. The third kappa shape index (κ3) is 23.7. The molecule has 2 atom stereocenters. The van der Waals surface area contributed by atoms with E-state index in [2.05, 4.69) is 12.2 Å². The summed E-state index contributed by atoms with van der Waals surface area (Å²) in [5.41, 5.74) is 11.1. The predicted molar refractivity (Wildman–Crippen MR) is 169 cm³/mol. The number of carbonyl (C=O) groups is 2. The quantitative estimate of drug-likeness (QED) is 0.0752. The average molecular weight is 570 g/mol. The maximum Gasteiger partial charge on any atom is 0.252 e. The Balaban J connectivity index is 4.61. The lowest BCUT2D eigenvalue weighted by atomic mass is 10.0. The van der Waals surface area contributed by atoms with Gasteiger partial charge in [-0.3, -0.25) is 9.59 Å². The lowest BCUT2D eigenvalue weighted by Crippen LogP contribution is -2.49. The zero-order chi connectivity index (χ0) is 29.5. The van der Waals surface area contributed by atoms with Crippen LogP contribution in [0.2, 0.25) is 0 Å². The third-order valence-electron chi connectivity index (χ3n) is 7.47. The van der Waals surface area contributed by atoms with Crippen LogP contribution >= 0.6 is 0 Å². The number of hydrogen-bond donors (Lipinski definition) is 3. The molecule has 238 valence electrons. The normalized spacial score (nSPS) is 12.9. The number of ether oxygens (including phenoxy) is 2. The van der Waals surface area contributed by atoms with Crippen LogP contribution in [0, 0.1) is 0 Å². The van der Waals surface area contributed by atoms with E-state index < -0.39 is 12.2 Å². The van der Waals surface area contributed by atoms with E-state index in [1.807, 2.05) is 6.92 Å². The minimum Gasteiger partial charge on any atom is -0.367 e. The zero-order valence-corrected chi connectivity index (χ0v) is 26.5. The summed E-state index contributed by atoms with van der Waals surface area (Å²) in [6, 6.07) is 0. The molecule has 0 aromatic rings. The maximum atomic E-state index is 13.1. The topological polar surface area (TPSA) is 117 Å². The highest BCUT2D eigenvalue weighted by Crippen LogP contribution is 2.16. The Kier molecular flexibility index (Phi) is 30.1. The number of Topliss-reactive ketones (excluding diaryl/α,β-unsaturated/α-hetero) is 1. The molecule has 0 aromatic carbocycles. The Bertz CT molecular complexity index is 514. The number of nitrogens with one attached hydrogen (secondary N) is 1. The van der Waals surface area contributed by atoms with Gasteiger partial charge in [-0.05, 0) is 51.6 Å². The van der Waals surface area contributed by atoms with Crippen molar-refractivity contribution in [3.8, 4) is 0 Å². The summed E-state index contributed by atoms with van der Waals surface area (Å²) in [6.07, 6.45) is 22.5. The predicted octanol–water partition coefficient (Wildman–Crippen LogP) is 6.98. The average Bonchev–Trinajstić information content (AvgIpc) is 2.96. The molecule has 0 saturated carbocycles. The standard InChI is InChI=1S/C33H67N3O4/c1-3-5-24-30(37)31(39-28-22-18-14-10-6-8-12-16-20-25-34)32(33(38)36-27-4-2)40-29-23-19-15-11-7-9-13-17-21-26-35/h31-32H,3-29,34-35H2,1-2H3,(H,36,38)/t31-,32+/m0/s1. The Hall–Kier alpha value is -1.02. The molecule has 0 rings (SSSR count). The van der Waals surface area contributed by atoms with E-state index in [9.17, 15) is 9.59 Å².